The fraction of sp³-hybridized carbons (Fsp3) is 0.526. The van der Waals surface area contributed by atoms with E-state index in [1.807, 2.05) is 47.6 Å². The van der Waals surface area contributed by atoms with E-state index in [-0.39, 0.29) is 24.3 Å². The van der Waals surface area contributed by atoms with Crippen LogP contribution in [0.2, 0.25) is 0 Å². The number of fused-ring (bicyclic) bond motifs is 1. The topological polar surface area (TPSA) is 67.2 Å². The molecular weight excluding hydrogens is 316 g/mol. The van der Waals surface area contributed by atoms with Gasteiger partial charge in [0.15, 0.2) is 0 Å². The molecule has 1 fully saturated rings. The fourth-order valence-electron chi connectivity index (χ4n) is 3.19. The maximum Gasteiger partial charge on any atom is 0.242 e. The molecule has 6 nitrogen and oxygen atoms in total. The van der Waals surface area contributed by atoms with Gasteiger partial charge in [0.2, 0.25) is 11.8 Å². The third-order valence-electron chi connectivity index (χ3n) is 4.68. The predicted octanol–water partition coefficient (Wildman–Crippen LogP) is 2.32. The van der Waals surface area contributed by atoms with E-state index in [0.29, 0.717) is 6.54 Å². The second-order valence-electron chi connectivity index (χ2n) is 6.92. The number of aromatic nitrogens is 2. The zero-order valence-corrected chi connectivity index (χ0v) is 15.0. The second kappa shape index (κ2) is 7.68. The van der Waals surface area contributed by atoms with Crippen molar-refractivity contribution in [3.63, 3.8) is 0 Å². The van der Waals surface area contributed by atoms with Crippen molar-refractivity contribution in [1.29, 1.82) is 0 Å². The molecule has 1 aliphatic rings. The number of amides is 2. The molecule has 0 unspecified atom stereocenters. The molecule has 0 bridgehead atoms. The van der Waals surface area contributed by atoms with Gasteiger partial charge in [-0.2, -0.15) is 0 Å². The average Bonchev–Trinajstić information content (AvgIpc) is 2.98. The van der Waals surface area contributed by atoms with Gasteiger partial charge in [-0.25, -0.2) is 4.98 Å². The minimum Gasteiger partial charge on any atom is -0.349 e. The maximum atomic E-state index is 12.7. The number of carbonyl (C=O) groups is 2. The summed E-state index contributed by atoms with van der Waals surface area (Å²) >= 11 is 0. The van der Waals surface area contributed by atoms with Gasteiger partial charge in [0, 0.05) is 19.0 Å². The number of carbonyl (C=O) groups excluding carboxylic acids is 2. The molecule has 1 aromatic heterocycles. The lowest BCUT2D eigenvalue weighted by molar-refractivity contribution is -0.132. The van der Waals surface area contributed by atoms with Crippen molar-refractivity contribution in [3.05, 3.63) is 30.1 Å². The van der Waals surface area contributed by atoms with Crippen molar-refractivity contribution in [2.45, 2.75) is 46.2 Å². The number of imidazole rings is 1. The zero-order valence-electron chi connectivity index (χ0n) is 15.0. The van der Waals surface area contributed by atoms with Gasteiger partial charge in [-0.05, 0) is 31.4 Å². The first-order valence-electron chi connectivity index (χ1n) is 9.06. The zero-order chi connectivity index (χ0) is 17.8. The number of hydrogen-bond donors (Lipinski definition) is 1. The Morgan fingerprint density at radius 3 is 2.60 bits per heavy atom. The lowest BCUT2D eigenvalue weighted by Crippen LogP contribution is -2.38. The molecule has 0 saturated carbocycles. The Morgan fingerprint density at radius 2 is 1.88 bits per heavy atom. The van der Waals surface area contributed by atoms with Crippen LogP contribution in [0, 0.1) is 5.92 Å². The van der Waals surface area contributed by atoms with E-state index in [1.165, 1.54) is 6.42 Å². The van der Waals surface area contributed by atoms with Crippen LogP contribution in [0.1, 0.15) is 38.9 Å². The van der Waals surface area contributed by atoms with Crippen LogP contribution in [0.25, 0.3) is 11.0 Å². The molecule has 0 aliphatic carbocycles. The van der Waals surface area contributed by atoms with E-state index in [1.54, 1.807) is 0 Å². The van der Waals surface area contributed by atoms with E-state index in [0.717, 1.165) is 42.8 Å². The smallest absolute Gasteiger partial charge is 0.242 e. The average molecular weight is 342 g/mol. The molecule has 1 saturated heterocycles. The highest BCUT2D eigenvalue weighted by atomic mass is 16.2. The second-order valence-corrected chi connectivity index (χ2v) is 6.92. The molecule has 2 heterocycles. The summed E-state index contributed by atoms with van der Waals surface area (Å²) in [4.78, 5) is 31.1. The van der Waals surface area contributed by atoms with Crippen LogP contribution < -0.4 is 5.32 Å². The summed E-state index contributed by atoms with van der Waals surface area (Å²) in [5.74, 6) is 0.758. The monoisotopic (exact) mass is 342 g/mol. The number of rotatable bonds is 5. The van der Waals surface area contributed by atoms with Crippen LogP contribution in [-0.4, -0.2) is 39.4 Å². The number of benzene rings is 1. The summed E-state index contributed by atoms with van der Waals surface area (Å²) in [6, 6.07) is 7.79. The van der Waals surface area contributed by atoms with Crippen LogP contribution in [0.3, 0.4) is 0 Å². The predicted molar refractivity (Wildman–Crippen MR) is 96.8 cm³/mol. The molecule has 0 radical (unpaired) electrons. The molecule has 134 valence electrons. The third kappa shape index (κ3) is 4.00. The Balaban J connectivity index is 1.82. The van der Waals surface area contributed by atoms with Crippen LogP contribution in [0.5, 0.6) is 0 Å². The fourth-order valence-corrected chi connectivity index (χ4v) is 3.19. The van der Waals surface area contributed by atoms with Crippen LogP contribution in [0.4, 0.5) is 0 Å². The van der Waals surface area contributed by atoms with E-state index < -0.39 is 0 Å². The van der Waals surface area contributed by atoms with Crippen molar-refractivity contribution >= 4 is 22.8 Å². The molecule has 6 heteroatoms. The SMILES string of the molecule is CC(C)C(=O)NCc1nc2ccccc2n1CC(=O)N1CCCCC1. The van der Waals surface area contributed by atoms with E-state index >= 15 is 0 Å². The van der Waals surface area contributed by atoms with Crippen LogP contribution >= 0.6 is 0 Å². The minimum atomic E-state index is -0.0761. The molecule has 25 heavy (non-hydrogen) atoms. The van der Waals surface area contributed by atoms with E-state index in [4.69, 9.17) is 0 Å². The highest BCUT2D eigenvalue weighted by Crippen LogP contribution is 2.17. The first kappa shape index (κ1) is 17.5. The van der Waals surface area contributed by atoms with Gasteiger partial charge in [-0.15, -0.1) is 0 Å². The van der Waals surface area contributed by atoms with Gasteiger partial charge >= 0.3 is 0 Å². The number of likely N-dealkylation sites (tertiary alicyclic amines) is 1. The molecule has 1 aromatic carbocycles. The molecule has 1 aliphatic heterocycles. The lowest BCUT2D eigenvalue weighted by atomic mass is 10.1. The molecule has 1 N–H and O–H groups in total. The first-order valence-corrected chi connectivity index (χ1v) is 9.06. The summed E-state index contributed by atoms with van der Waals surface area (Å²) in [5, 5.41) is 2.91. The quantitative estimate of drug-likeness (QED) is 0.907. The van der Waals surface area contributed by atoms with Gasteiger partial charge in [0.25, 0.3) is 0 Å². The minimum absolute atomic E-state index is 0.0130. The highest BCUT2D eigenvalue weighted by Gasteiger charge is 2.20. The number of para-hydroxylation sites is 2. The van der Waals surface area contributed by atoms with Crippen molar-refractivity contribution < 1.29 is 9.59 Å². The Bertz CT molecular complexity index is 760. The molecular formula is C19H26N4O2. The molecule has 3 rings (SSSR count). The summed E-state index contributed by atoms with van der Waals surface area (Å²) in [6.45, 7) is 6.00. The van der Waals surface area contributed by atoms with E-state index in [9.17, 15) is 9.59 Å². The number of nitrogens with one attached hydrogen (secondary N) is 1. The van der Waals surface area contributed by atoms with Crippen LogP contribution in [-0.2, 0) is 22.7 Å². The lowest BCUT2D eigenvalue weighted by Gasteiger charge is -2.27. The Morgan fingerprint density at radius 1 is 1.16 bits per heavy atom. The molecule has 2 amide bonds. The van der Waals surface area contributed by atoms with Crippen molar-refractivity contribution in [2.24, 2.45) is 5.92 Å². The summed E-state index contributed by atoms with van der Waals surface area (Å²) in [6.07, 6.45) is 3.35. The van der Waals surface area contributed by atoms with Crippen molar-refractivity contribution in [1.82, 2.24) is 19.8 Å². The first-order chi connectivity index (χ1) is 12.1. The normalized spacial score (nSPS) is 14.9. The summed E-state index contributed by atoms with van der Waals surface area (Å²) in [5.41, 5.74) is 1.78. The van der Waals surface area contributed by atoms with Crippen LogP contribution in [0.15, 0.2) is 24.3 Å². The van der Waals surface area contributed by atoms with Crippen molar-refractivity contribution in [2.75, 3.05) is 13.1 Å². The number of hydrogen-bond acceptors (Lipinski definition) is 3. The summed E-state index contributed by atoms with van der Waals surface area (Å²) in [7, 11) is 0. The standard InChI is InChI=1S/C19H26N4O2/c1-14(2)19(25)20-12-17-21-15-8-4-5-9-16(15)23(17)13-18(24)22-10-6-3-7-11-22/h4-5,8-9,14H,3,6-7,10-13H2,1-2H3,(H,20,25). The van der Waals surface area contributed by atoms with Gasteiger partial charge < -0.3 is 14.8 Å². The van der Waals surface area contributed by atoms with Gasteiger partial charge in [-0.3, -0.25) is 9.59 Å². The summed E-state index contributed by atoms with van der Waals surface area (Å²) < 4.78 is 1.94. The molecule has 0 spiro atoms. The largest absolute Gasteiger partial charge is 0.349 e. The Labute approximate surface area is 148 Å². The third-order valence-corrected chi connectivity index (χ3v) is 4.68. The molecule has 0 atom stereocenters. The molecule has 2 aromatic rings. The highest BCUT2D eigenvalue weighted by molar-refractivity contribution is 5.81. The number of piperidine rings is 1. The maximum absolute atomic E-state index is 12.7. The van der Waals surface area contributed by atoms with Gasteiger partial charge in [0.1, 0.15) is 12.4 Å². The van der Waals surface area contributed by atoms with Crippen molar-refractivity contribution in [3.8, 4) is 0 Å². The Kier molecular flexibility index (Phi) is 5.36. The van der Waals surface area contributed by atoms with E-state index in [2.05, 4.69) is 10.3 Å². The van der Waals surface area contributed by atoms with Gasteiger partial charge in [0.05, 0.1) is 17.6 Å². The number of nitrogens with zero attached hydrogens (tertiary/aromatic N) is 3. The Hall–Kier alpha value is -2.37. The van der Waals surface area contributed by atoms with Gasteiger partial charge in [-0.1, -0.05) is 26.0 Å².